The molecule has 0 aliphatic heterocycles. The number of hydrogen-bond acceptors (Lipinski definition) is 3. The number of rotatable bonds is 6. The molecule has 144 valence electrons. The predicted octanol–water partition coefficient (Wildman–Crippen LogP) is 4.84. The second-order valence-electron chi connectivity index (χ2n) is 6.39. The molecule has 0 bridgehead atoms. The van der Waals surface area contributed by atoms with E-state index >= 15 is 0 Å². The van der Waals surface area contributed by atoms with Crippen molar-refractivity contribution in [2.45, 2.75) is 6.61 Å². The Bertz CT molecular complexity index is 1090. The van der Waals surface area contributed by atoms with E-state index in [1.165, 1.54) is 12.4 Å². The molecule has 4 rings (SSSR count). The molecule has 1 heterocycles. The minimum atomic E-state index is -0.450. The number of halogens is 1. The zero-order valence-corrected chi connectivity index (χ0v) is 15.5. The molecule has 0 radical (unpaired) electrons. The predicted molar refractivity (Wildman–Crippen MR) is 109 cm³/mol. The van der Waals surface area contributed by atoms with E-state index in [1.54, 1.807) is 41.2 Å². The van der Waals surface area contributed by atoms with Crippen molar-refractivity contribution in [3.63, 3.8) is 0 Å². The van der Waals surface area contributed by atoms with E-state index in [0.29, 0.717) is 23.5 Å². The van der Waals surface area contributed by atoms with Crippen molar-refractivity contribution in [3.8, 4) is 11.4 Å². The molecule has 0 spiro atoms. The topological polar surface area (TPSA) is 56.2 Å². The van der Waals surface area contributed by atoms with Crippen LogP contribution in [0.3, 0.4) is 0 Å². The second-order valence-corrected chi connectivity index (χ2v) is 6.39. The van der Waals surface area contributed by atoms with Crippen molar-refractivity contribution < 1.29 is 13.9 Å². The molecule has 0 aliphatic rings. The Morgan fingerprint density at radius 1 is 1.03 bits per heavy atom. The smallest absolute Gasteiger partial charge is 0.255 e. The summed E-state index contributed by atoms with van der Waals surface area (Å²) in [5.74, 6) is 0.0278. The van der Waals surface area contributed by atoms with Gasteiger partial charge in [-0.2, -0.15) is 0 Å². The summed E-state index contributed by atoms with van der Waals surface area (Å²) >= 11 is 0. The van der Waals surface area contributed by atoms with E-state index in [2.05, 4.69) is 10.3 Å². The summed E-state index contributed by atoms with van der Waals surface area (Å²) in [6, 6.07) is 21.2. The molecule has 1 aromatic heterocycles. The number of carbonyl (C=O) groups excluding carboxylic acids is 1. The Kier molecular flexibility index (Phi) is 5.33. The van der Waals surface area contributed by atoms with Crippen molar-refractivity contribution in [1.82, 2.24) is 9.55 Å². The molecule has 0 saturated carbocycles. The highest BCUT2D eigenvalue weighted by Gasteiger charge is 2.10. The molecule has 3 aromatic carbocycles. The number of nitrogens with zero attached hydrogens (tertiary/aromatic N) is 2. The highest BCUT2D eigenvalue weighted by molar-refractivity contribution is 6.04. The first kappa shape index (κ1) is 18.4. The maximum Gasteiger partial charge on any atom is 0.255 e. The van der Waals surface area contributed by atoms with Crippen LogP contribution in [-0.2, 0) is 6.61 Å². The lowest BCUT2D eigenvalue weighted by Gasteiger charge is -2.09. The average Bonchev–Trinajstić information content (AvgIpc) is 3.28. The number of hydrogen-bond donors (Lipinski definition) is 1. The van der Waals surface area contributed by atoms with Crippen molar-refractivity contribution in [2.75, 3.05) is 5.32 Å². The largest absolute Gasteiger partial charge is 0.489 e. The van der Waals surface area contributed by atoms with E-state index < -0.39 is 5.82 Å². The molecule has 4 aromatic rings. The minimum Gasteiger partial charge on any atom is -0.489 e. The summed E-state index contributed by atoms with van der Waals surface area (Å²) in [6.07, 6.45) is 4.74. The summed E-state index contributed by atoms with van der Waals surface area (Å²) in [5, 5.41) is 2.71. The second kappa shape index (κ2) is 8.39. The van der Waals surface area contributed by atoms with Crippen LogP contribution >= 0.6 is 0 Å². The molecule has 1 N–H and O–H groups in total. The van der Waals surface area contributed by atoms with Crippen LogP contribution in [0.2, 0.25) is 0 Å². The van der Waals surface area contributed by atoms with Gasteiger partial charge in [0.05, 0.1) is 12.0 Å². The highest BCUT2D eigenvalue weighted by Crippen LogP contribution is 2.19. The van der Waals surface area contributed by atoms with Crippen molar-refractivity contribution in [3.05, 3.63) is 108 Å². The summed E-state index contributed by atoms with van der Waals surface area (Å²) in [7, 11) is 0. The van der Waals surface area contributed by atoms with Gasteiger partial charge in [0, 0.05) is 23.6 Å². The Hall–Kier alpha value is -3.93. The zero-order chi connectivity index (χ0) is 20.1. The number of benzene rings is 3. The summed E-state index contributed by atoms with van der Waals surface area (Å²) in [5.41, 5.74) is 2.17. The number of para-hydroxylation sites is 1. The molecule has 0 aliphatic carbocycles. The number of amides is 1. The molecule has 0 atom stereocenters. The van der Waals surface area contributed by atoms with Gasteiger partial charge in [0.15, 0.2) is 0 Å². The SMILES string of the molecule is O=C(Nc1ccc(-n2ccnc2)c(F)c1)c1ccc(COc2ccccc2)cc1. The molecule has 0 unspecified atom stereocenters. The Morgan fingerprint density at radius 3 is 2.52 bits per heavy atom. The first-order chi connectivity index (χ1) is 14.2. The lowest BCUT2D eigenvalue weighted by atomic mass is 10.1. The standard InChI is InChI=1S/C23H18FN3O2/c24-21-14-19(10-11-22(21)27-13-12-25-16-27)26-23(28)18-8-6-17(7-9-18)15-29-20-4-2-1-3-5-20/h1-14,16H,15H2,(H,26,28). The van der Waals surface area contributed by atoms with E-state index in [9.17, 15) is 9.18 Å². The van der Waals surface area contributed by atoms with Gasteiger partial charge in [-0.3, -0.25) is 4.79 Å². The third-order valence-corrected chi connectivity index (χ3v) is 4.35. The maximum absolute atomic E-state index is 14.3. The van der Waals surface area contributed by atoms with Crippen LogP contribution in [0.15, 0.2) is 91.5 Å². The van der Waals surface area contributed by atoms with Crippen molar-refractivity contribution in [1.29, 1.82) is 0 Å². The van der Waals surface area contributed by atoms with Gasteiger partial charge in [0.2, 0.25) is 0 Å². The number of aromatic nitrogens is 2. The monoisotopic (exact) mass is 387 g/mol. The summed E-state index contributed by atoms with van der Waals surface area (Å²) < 4.78 is 21.6. The molecule has 6 heteroatoms. The van der Waals surface area contributed by atoms with E-state index in [-0.39, 0.29) is 5.91 Å². The van der Waals surface area contributed by atoms with E-state index in [0.717, 1.165) is 11.3 Å². The molecule has 0 saturated heterocycles. The molecule has 29 heavy (non-hydrogen) atoms. The first-order valence-corrected chi connectivity index (χ1v) is 9.05. The Labute approximate surface area is 167 Å². The van der Waals surface area contributed by atoms with Gasteiger partial charge in [-0.1, -0.05) is 30.3 Å². The zero-order valence-electron chi connectivity index (χ0n) is 15.5. The molecule has 5 nitrogen and oxygen atoms in total. The fraction of sp³-hybridized carbons (Fsp3) is 0.0435. The number of anilines is 1. The van der Waals surface area contributed by atoms with Crippen LogP contribution in [0, 0.1) is 5.82 Å². The molecule has 1 amide bonds. The van der Waals surface area contributed by atoms with Gasteiger partial charge in [-0.15, -0.1) is 0 Å². The van der Waals surface area contributed by atoms with E-state index in [4.69, 9.17) is 4.74 Å². The normalized spacial score (nSPS) is 10.5. The minimum absolute atomic E-state index is 0.310. The summed E-state index contributed by atoms with van der Waals surface area (Å²) in [4.78, 5) is 16.4. The fourth-order valence-corrected chi connectivity index (χ4v) is 2.83. The number of imidazole rings is 1. The van der Waals surface area contributed by atoms with Gasteiger partial charge < -0.3 is 14.6 Å². The quantitative estimate of drug-likeness (QED) is 0.515. The Balaban J connectivity index is 1.39. The molecular formula is C23H18FN3O2. The number of carbonyl (C=O) groups is 1. The lowest BCUT2D eigenvalue weighted by Crippen LogP contribution is -2.12. The van der Waals surface area contributed by atoms with Crippen LogP contribution in [0.5, 0.6) is 5.75 Å². The maximum atomic E-state index is 14.3. The van der Waals surface area contributed by atoms with Crippen LogP contribution < -0.4 is 10.1 Å². The molecular weight excluding hydrogens is 369 g/mol. The third-order valence-electron chi connectivity index (χ3n) is 4.35. The highest BCUT2D eigenvalue weighted by atomic mass is 19.1. The van der Waals surface area contributed by atoms with Crippen LogP contribution in [0.4, 0.5) is 10.1 Å². The van der Waals surface area contributed by atoms with Gasteiger partial charge in [0.1, 0.15) is 18.2 Å². The van der Waals surface area contributed by atoms with Crippen molar-refractivity contribution >= 4 is 11.6 Å². The fourth-order valence-electron chi connectivity index (χ4n) is 2.83. The van der Waals surface area contributed by atoms with Crippen molar-refractivity contribution in [2.24, 2.45) is 0 Å². The van der Waals surface area contributed by atoms with Gasteiger partial charge in [0.25, 0.3) is 5.91 Å². The van der Waals surface area contributed by atoms with Crippen LogP contribution in [-0.4, -0.2) is 15.5 Å². The van der Waals surface area contributed by atoms with Gasteiger partial charge in [-0.25, -0.2) is 9.37 Å². The number of ether oxygens (including phenoxy) is 1. The molecule has 0 fully saturated rings. The van der Waals surface area contributed by atoms with Crippen LogP contribution in [0.25, 0.3) is 5.69 Å². The number of nitrogens with one attached hydrogen (secondary N) is 1. The Morgan fingerprint density at radius 2 is 1.83 bits per heavy atom. The van der Waals surface area contributed by atoms with Crippen LogP contribution in [0.1, 0.15) is 15.9 Å². The van der Waals surface area contributed by atoms with Gasteiger partial charge >= 0.3 is 0 Å². The third kappa shape index (κ3) is 4.50. The van der Waals surface area contributed by atoms with Gasteiger partial charge in [-0.05, 0) is 48.0 Å². The average molecular weight is 387 g/mol. The summed E-state index contributed by atoms with van der Waals surface area (Å²) in [6.45, 7) is 0.410. The lowest BCUT2D eigenvalue weighted by molar-refractivity contribution is 0.102. The van der Waals surface area contributed by atoms with E-state index in [1.807, 2.05) is 42.5 Å². The first-order valence-electron chi connectivity index (χ1n) is 9.05.